The van der Waals surface area contributed by atoms with Gasteiger partial charge < -0.3 is 0 Å². The fraction of sp³-hybridized carbons (Fsp3) is 1.00. The normalized spacial score (nSPS) is 10.6. The van der Waals surface area contributed by atoms with Crippen molar-refractivity contribution in [1.82, 2.24) is 0 Å². The van der Waals surface area contributed by atoms with E-state index in [1.807, 2.05) is 23.0 Å². The average molecular weight is 291 g/mol. The zero-order valence-electron chi connectivity index (χ0n) is 9.23. The molecule has 78 valence electrons. The molecule has 0 amide bonds. The third-order valence-electron chi connectivity index (χ3n) is 2.51. The third kappa shape index (κ3) is 12.8. The van der Waals surface area contributed by atoms with E-state index in [9.17, 15) is 0 Å². The predicted molar refractivity (Wildman–Crippen MR) is 62.4 cm³/mol. The molecule has 0 aromatic rings. The van der Waals surface area contributed by atoms with Crippen molar-refractivity contribution in [1.29, 1.82) is 0 Å². The van der Waals surface area contributed by atoms with Crippen molar-refractivity contribution < 1.29 is 0 Å². The van der Waals surface area contributed by atoms with Crippen LogP contribution >= 0.6 is 0 Å². The number of hydrogen-bond donors (Lipinski definition) is 0. The van der Waals surface area contributed by atoms with E-state index in [1.165, 1.54) is 68.6 Å². The molecule has 0 aromatic heterocycles. The Morgan fingerprint density at radius 2 is 1.00 bits per heavy atom. The van der Waals surface area contributed by atoms with Crippen molar-refractivity contribution in [2.45, 2.75) is 75.5 Å². The van der Waals surface area contributed by atoms with Gasteiger partial charge in [-0.25, -0.2) is 0 Å². The van der Waals surface area contributed by atoms with Gasteiger partial charge in [0.1, 0.15) is 0 Å². The summed E-state index contributed by atoms with van der Waals surface area (Å²) >= 11 is 1.97. The molecular weight excluding hydrogens is 266 g/mol. The van der Waals surface area contributed by atoms with E-state index >= 15 is 0 Å². The van der Waals surface area contributed by atoms with Crippen LogP contribution in [0.5, 0.6) is 0 Å². The van der Waals surface area contributed by atoms with Gasteiger partial charge in [-0.1, -0.05) is 0 Å². The Hall–Kier alpha value is 0.818. The second-order valence-electron chi connectivity index (χ2n) is 3.91. The summed E-state index contributed by atoms with van der Waals surface area (Å²) in [4.78, 5) is 0. The first-order chi connectivity index (χ1) is 6.41. The molecule has 0 aliphatic carbocycles. The summed E-state index contributed by atoms with van der Waals surface area (Å²) in [5.41, 5.74) is 0. The summed E-state index contributed by atoms with van der Waals surface area (Å²) in [5.74, 6) is 0. The number of unbranched alkanes of at least 4 members (excludes halogenated alkanes) is 9. The fourth-order valence-electron chi connectivity index (χ4n) is 1.60. The Balaban J connectivity index is 2.76. The fourth-order valence-corrected chi connectivity index (χ4v) is 2.24. The molecule has 0 spiro atoms. The molecule has 0 heterocycles. The minimum atomic E-state index is 1.37. The van der Waals surface area contributed by atoms with Crippen LogP contribution in [0.15, 0.2) is 0 Å². The van der Waals surface area contributed by atoms with Crippen molar-refractivity contribution in [2.24, 2.45) is 0 Å². The molecule has 1 heteroatoms. The molecule has 0 fully saturated rings. The molecule has 13 heavy (non-hydrogen) atoms. The molecule has 0 atom stereocenters. The first-order valence-corrected chi connectivity index (χ1v) is 7.83. The maximum atomic E-state index is 2.28. The van der Waals surface area contributed by atoms with Crippen molar-refractivity contribution in [3.8, 4) is 0 Å². The first-order valence-electron chi connectivity index (χ1n) is 6.02. The number of hydrogen-bond acceptors (Lipinski definition) is 0. The van der Waals surface area contributed by atoms with Crippen LogP contribution in [-0.2, 0) is 0 Å². The predicted octanol–water partition coefficient (Wildman–Crippen LogP) is 4.49. The molecule has 0 aliphatic heterocycles. The molecule has 0 aliphatic rings. The van der Waals surface area contributed by atoms with Crippen LogP contribution in [0, 0.1) is 0 Å². The SMILES string of the molecule is CCCCCCCCCCC[CH2][Sb]. The Morgan fingerprint density at radius 1 is 0.615 bits per heavy atom. The molecule has 0 unspecified atom stereocenters. The van der Waals surface area contributed by atoms with Crippen LogP contribution in [0.1, 0.15) is 71.1 Å². The van der Waals surface area contributed by atoms with Gasteiger partial charge in [0.05, 0.1) is 0 Å². The van der Waals surface area contributed by atoms with Crippen molar-refractivity contribution in [3.05, 3.63) is 0 Å². The second-order valence-corrected chi connectivity index (χ2v) is 5.18. The first kappa shape index (κ1) is 13.8. The standard InChI is InChI=1S/C12H25.Sb/c1-3-5-7-9-11-12-10-8-6-4-2;/h1,3-12H2,2H3;. The zero-order chi connectivity index (χ0) is 9.78. The van der Waals surface area contributed by atoms with Crippen LogP contribution in [0.2, 0.25) is 4.37 Å². The Kier molecular flexibility index (Phi) is 13.6. The monoisotopic (exact) mass is 290 g/mol. The zero-order valence-corrected chi connectivity index (χ0v) is 11.8. The van der Waals surface area contributed by atoms with Gasteiger partial charge in [0.15, 0.2) is 0 Å². The van der Waals surface area contributed by atoms with E-state index in [2.05, 4.69) is 6.92 Å². The summed E-state index contributed by atoms with van der Waals surface area (Å²) in [6.45, 7) is 2.28. The van der Waals surface area contributed by atoms with Crippen molar-refractivity contribution in [3.63, 3.8) is 0 Å². The van der Waals surface area contributed by atoms with E-state index < -0.39 is 0 Å². The Bertz CT molecular complexity index is 71.2. The van der Waals surface area contributed by atoms with E-state index in [4.69, 9.17) is 0 Å². The number of rotatable bonds is 10. The molecular formula is C12H25Sb. The molecule has 0 bridgehead atoms. The van der Waals surface area contributed by atoms with E-state index in [-0.39, 0.29) is 0 Å². The second kappa shape index (κ2) is 12.8. The third-order valence-corrected chi connectivity index (χ3v) is 3.41. The molecule has 0 saturated heterocycles. The van der Waals surface area contributed by atoms with E-state index in [0.29, 0.717) is 0 Å². The van der Waals surface area contributed by atoms with Crippen LogP contribution in [-0.4, -0.2) is 23.0 Å². The molecule has 0 nitrogen and oxygen atoms in total. The summed E-state index contributed by atoms with van der Waals surface area (Å²) in [5, 5.41) is 0. The van der Waals surface area contributed by atoms with Gasteiger partial charge >= 0.3 is 98.5 Å². The van der Waals surface area contributed by atoms with Gasteiger partial charge in [-0.3, -0.25) is 0 Å². The van der Waals surface area contributed by atoms with Crippen LogP contribution in [0.25, 0.3) is 0 Å². The summed E-state index contributed by atoms with van der Waals surface area (Å²) in [7, 11) is 0. The minimum absolute atomic E-state index is 1.37. The molecule has 0 aromatic carbocycles. The van der Waals surface area contributed by atoms with E-state index in [1.54, 1.807) is 0 Å². The Morgan fingerprint density at radius 3 is 1.38 bits per heavy atom. The summed E-state index contributed by atoms with van der Waals surface area (Å²) in [6.07, 6.45) is 14.6. The van der Waals surface area contributed by atoms with E-state index in [0.717, 1.165) is 0 Å². The van der Waals surface area contributed by atoms with Gasteiger partial charge in [-0.05, 0) is 0 Å². The average Bonchev–Trinajstić information content (AvgIpc) is 2.16. The van der Waals surface area contributed by atoms with Gasteiger partial charge in [0.2, 0.25) is 0 Å². The van der Waals surface area contributed by atoms with Gasteiger partial charge in [0.25, 0.3) is 0 Å². The molecule has 2 radical (unpaired) electrons. The topological polar surface area (TPSA) is 0 Å². The molecule has 0 saturated carbocycles. The Labute approximate surface area is 98.4 Å². The van der Waals surface area contributed by atoms with Gasteiger partial charge in [-0.2, -0.15) is 0 Å². The van der Waals surface area contributed by atoms with Crippen LogP contribution < -0.4 is 0 Å². The maximum absolute atomic E-state index is 2.28. The molecule has 0 rings (SSSR count). The van der Waals surface area contributed by atoms with Crippen molar-refractivity contribution >= 4 is 23.0 Å². The molecule has 0 N–H and O–H groups in total. The van der Waals surface area contributed by atoms with Gasteiger partial charge in [-0.15, -0.1) is 0 Å². The summed E-state index contributed by atoms with van der Waals surface area (Å²) in [6, 6.07) is 0. The van der Waals surface area contributed by atoms with Crippen molar-refractivity contribution in [2.75, 3.05) is 0 Å². The summed E-state index contributed by atoms with van der Waals surface area (Å²) < 4.78 is 1.42. The van der Waals surface area contributed by atoms with Crippen LogP contribution in [0.3, 0.4) is 0 Å². The van der Waals surface area contributed by atoms with Crippen LogP contribution in [0.4, 0.5) is 0 Å². The quantitative estimate of drug-likeness (QED) is 0.411. The van der Waals surface area contributed by atoms with Gasteiger partial charge in [0, 0.05) is 0 Å².